The van der Waals surface area contributed by atoms with Crippen LogP contribution in [0.3, 0.4) is 0 Å². The molecule has 1 aromatic heterocycles. The zero-order chi connectivity index (χ0) is 12.0. The van der Waals surface area contributed by atoms with Gasteiger partial charge in [0.15, 0.2) is 0 Å². The minimum absolute atomic E-state index is 0.319. The predicted molar refractivity (Wildman–Crippen MR) is 68.8 cm³/mol. The summed E-state index contributed by atoms with van der Waals surface area (Å²) in [7, 11) is 1.83. The second-order valence-electron chi connectivity index (χ2n) is 3.71. The van der Waals surface area contributed by atoms with Crippen LogP contribution in [0.1, 0.15) is 26.7 Å². The van der Waals surface area contributed by atoms with Crippen molar-refractivity contribution in [2.24, 2.45) is 0 Å². The first kappa shape index (κ1) is 12.5. The largest absolute Gasteiger partial charge is 0.373 e. The molecule has 5 heteroatoms. The van der Waals surface area contributed by atoms with Crippen molar-refractivity contribution in [2.45, 2.75) is 26.7 Å². The van der Waals surface area contributed by atoms with Crippen LogP contribution >= 0.6 is 0 Å². The van der Waals surface area contributed by atoms with Crippen LogP contribution in [0, 0.1) is 0 Å². The number of rotatable bonds is 6. The second-order valence-corrected chi connectivity index (χ2v) is 3.71. The second kappa shape index (κ2) is 6.15. The molecule has 1 aromatic rings. The lowest BCUT2D eigenvalue weighted by Gasteiger charge is -2.22. The molecule has 1 heterocycles. The molecule has 0 atom stereocenters. The van der Waals surface area contributed by atoms with Crippen molar-refractivity contribution < 1.29 is 0 Å². The Kier molecular flexibility index (Phi) is 4.82. The molecule has 5 nitrogen and oxygen atoms in total. The quantitative estimate of drug-likeness (QED) is 0.768. The van der Waals surface area contributed by atoms with Gasteiger partial charge in [0.25, 0.3) is 0 Å². The fraction of sp³-hybridized carbons (Fsp3) is 0.636. The highest BCUT2D eigenvalue weighted by atomic mass is 15.2. The Labute approximate surface area is 97.1 Å². The highest BCUT2D eigenvalue weighted by molar-refractivity contribution is 5.52. The van der Waals surface area contributed by atoms with E-state index in [1.54, 1.807) is 0 Å². The molecule has 0 saturated heterocycles. The first-order valence-electron chi connectivity index (χ1n) is 5.78. The Hall–Kier alpha value is -1.52. The van der Waals surface area contributed by atoms with Crippen molar-refractivity contribution in [3.8, 4) is 0 Å². The minimum Gasteiger partial charge on any atom is -0.373 e. The monoisotopic (exact) mass is 223 g/mol. The Morgan fingerprint density at radius 1 is 1.25 bits per heavy atom. The summed E-state index contributed by atoms with van der Waals surface area (Å²) in [5, 5.41) is 2.99. The maximum Gasteiger partial charge on any atom is 0.223 e. The van der Waals surface area contributed by atoms with Gasteiger partial charge in [-0.3, -0.25) is 0 Å². The summed E-state index contributed by atoms with van der Waals surface area (Å²) >= 11 is 0. The fourth-order valence-electron chi connectivity index (χ4n) is 1.62. The fourth-order valence-corrected chi connectivity index (χ4v) is 1.62. The Bertz CT molecular complexity index is 320. The number of nitrogens with zero attached hydrogens (tertiary/aromatic N) is 3. The number of nitrogens with one attached hydrogen (secondary N) is 1. The molecule has 0 bridgehead atoms. The van der Waals surface area contributed by atoms with Crippen molar-refractivity contribution in [1.82, 2.24) is 9.97 Å². The SMILES string of the molecule is CCCN(CCC)c1cc(NC)nc(N)n1. The molecule has 0 aromatic carbocycles. The third-order valence-corrected chi connectivity index (χ3v) is 2.30. The number of nitrogen functional groups attached to an aromatic ring is 1. The lowest BCUT2D eigenvalue weighted by Crippen LogP contribution is -2.26. The molecule has 16 heavy (non-hydrogen) atoms. The molecule has 90 valence electrons. The standard InChI is InChI=1S/C11H21N5/c1-4-6-16(7-5-2)10-8-9(13-3)14-11(12)15-10/h8H,4-7H2,1-3H3,(H3,12,13,14,15). The molecular formula is C11H21N5. The molecule has 0 aliphatic heterocycles. The molecule has 3 N–H and O–H groups in total. The van der Waals surface area contributed by atoms with Crippen molar-refractivity contribution in [2.75, 3.05) is 36.1 Å². The van der Waals surface area contributed by atoms with Crippen molar-refractivity contribution in [1.29, 1.82) is 0 Å². The van der Waals surface area contributed by atoms with Gasteiger partial charge in [-0.05, 0) is 12.8 Å². The van der Waals surface area contributed by atoms with Crippen molar-refractivity contribution in [3.63, 3.8) is 0 Å². The van der Waals surface area contributed by atoms with Gasteiger partial charge >= 0.3 is 0 Å². The van der Waals surface area contributed by atoms with Crippen LogP contribution in [0.15, 0.2) is 6.07 Å². The van der Waals surface area contributed by atoms with E-state index < -0.39 is 0 Å². The van der Waals surface area contributed by atoms with Gasteiger partial charge in [-0.2, -0.15) is 9.97 Å². The minimum atomic E-state index is 0.319. The van der Waals surface area contributed by atoms with E-state index in [1.807, 2.05) is 13.1 Å². The normalized spacial score (nSPS) is 10.2. The van der Waals surface area contributed by atoms with Gasteiger partial charge in [0.1, 0.15) is 11.6 Å². The van der Waals surface area contributed by atoms with Crippen LogP contribution in [0.25, 0.3) is 0 Å². The van der Waals surface area contributed by atoms with Gasteiger partial charge in [0.2, 0.25) is 5.95 Å². The van der Waals surface area contributed by atoms with Crippen molar-refractivity contribution in [3.05, 3.63) is 6.07 Å². The Balaban J connectivity index is 2.93. The molecular weight excluding hydrogens is 202 g/mol. The molecule has 1 rings (SSSR count). The van der Waals surface area contributed by atoms with Gasteiger partial charge < -0.3 is 16.0 Å². The molecule has 0 fully saturated rings. The zero-order valence-corrected chi connectivity index (χ0v) is 10.3. The first-order valence-corrected chi connectivity index (χ1v) is 5.78. The number of anilines is 3. The smallest absolute Gasteiger partial charge is 0.223 e. The van der Waals surface area contributed by atoms with Crippen molar-refractivity contribution >= 4 is 17.6 Å². The van der Waals surface area contributed by atoms with Crippen LogP contribution in [0.2, 0.25) is 0 Å². The molecule has 0 amide bonds. The average Bonchev–Trinajstić information content (AvgIpc) is 2.28. The zero-order valence-electron chi connectivity index (χ0n) is 10.3. The van der Waals surface area contributed by atoms with E-state index in [0.29, 0.717) is 5.95 Å². The predicted octanol–water partition coefficient (Wildman–Crippen LogP) is 1.73. The van der Waals surface area contributed by atoms with E-state index in [4.69, 9.17) is 5.73 Å². The first-order chi connectivity index (χ1) is 7.71. The Morgan fingerprint density at radius 3 is 2.38 bits per heavy atom. The topological polar surface area (TPSA) is 67.1 Å². The molecule has 0 radical (unpaired) electrons. The highest BCUT2D eigenvalue weighted by Crippen LogP contribution is 2.17. The van der Waals surface area contributed by atoms with Crippen LogP contribution < -0.4 is 16.0 Å². The van der Waals surface area contributed by atoms with E-state index in [2.05, 4.69) is 34.0 Å². The van der Waals surface area contributed by atoms with Crippen LogP contribution in [-0.4, -0.2) is 30.1 Å². The summed E-state index contributed by atoms with van der Waals surface area (Å²) in [6.45, 7) is 6.30. The van der Waals surface area contributed by atoms with E-state index >= 15 is 0 Å². The number of nitrogens with two attached hydrogens (primary N) is 1. The van der Waals surface area contributed by atoms with E-state index in [0.717, 1.165) is 37.6 Å². The van der Waals surface area contributed by atoms with Crippen LogP contribution in [0.4, 0.5) is 17.6 Å². The van der Waals surface area contributed by atoms with E-state index in [1.165, 1.54) is 0 Å². The summed E-state index contributed by atoms with van der Waals surface area (Å²) < 4.78 is 0. The summed E-state index contributed by atoms with van der Waals surface area (Å²) in [5.41, 5.74) is 5.68. The third-order valence-electron chi connectivity index (χ3n) is 2.30. The van der Waals surface area contributed by atoms with Gasteiger partial charge in [-0.15, -0.1) is 0 Å². The molecule has 0 aliphatic carbocycles. The maximum atomic E-state index is 5.68. The number of hydrogen-bond acceptors (Lipinski definition) is 5. The van der Waals surface area contributed by atoms with Crippen LogP contribution in [-0.2, 0) is 0 Å². The highest BCUT2D eigenvalue weighted by Gasteiger charge is 2.08. The summed E-state index contributed by atoms with van der Waals surface area (Å²) in [6, 6.07) is 1.93. The molecule has 0 saturated carbocycles. The number of hydrogen-bond donors (Lipinski definition) is 2. The van der Waals surface area contributed by atoms with Crippen LogP contribution in [0.5, 0.6) is 0 Å². The van der Waals surface area contributed by atoms with Gasteiger partial charge in [-0.1, -0.05) is 13.8 Å². The third kappa shape index (κ3) is 3.25. The van der Waals surface area contributed by atoms with E-state index in [9.17, 15) is 0 Å². The summed E-state index contributed by atoms with van der Waals surface area (Å²) in [5.74, 6) is 1.99. The van der Waals surface area contributed by atoms with Gasteiger partial charge in [0.05, 0.1) is 0 Å². The maximum absolute atomic E-state index is 5.68. The van der Waals surface area contributed by atoms with E-state index in [-0.39, 0.29) is 0 Å². The lowest BCUT2D eigenvalue weighted by atomic mass is 10.3. The Morgan fingerprint density at radius 2 is 1.88 bits per heavy atom. The summed E-state index contributed by atoms with van der Waals surface area (Å²) in [6.07, 6.45) is 2.19. The lowest BCUT2D eigenvalue weighted by molar-refractivity contribution is 0.734. The summed E-state index contributed by atoms with van der Waals surface area (Å²) in [4.78, 5) is 10.6. The average molecular weight is 223 g/mol. The molecule has 0 spiro atoms. The molecule has 0 aliphatic rings. The molecule has 0 unspecified atom stereocenters. The van der Waals surface area contributed by atoms with Gasteiger partial charge in [0, 0.05) is 26.2 Å². The number of aromatic nitrogens is 2. The van der Waals surface area contributed by atoms with Gasteiger partial charge in [-0.25, -0.2) is 0 Å².